The van der Waals surface area contributed by atoms with E-state index in [1.54, 1.807) is 7.11 Å². The van der Waals surface area contributed by atoms with Crippen molar-refractivity contribution < 1.29 is 9.31 Å². The molecule has 80 valence electrons. The molecule has 0 aromatic heterocycles. The van der Waals surface area contributed by atoms with Crippen LogP contribution in [0.25, 0.3) is 0 Å². The van der Waals surface area contributed by atoms with Crippen LogP contribution in [0.15, 0.2) is 24.3 Å². The predicted molar refractivity (Wildman–Crippen MR) is 62.0 cm³/mol. The molecule has 0 aliphatic carbocycles. The molecule has 0 spiro atoms. The minimum atomic E-state index is 0.974. The van der Waals surface area contributed by atoms with Crippen molar-refractivity contribution >= 4 is 5.71 Å². The highest BCUT2D eigenvalue weighted by Crippen LogP contribution is 2.19. The maximum atomic E-state index is 5.38. The van der Waals surface area contributed by atoms with Crippen molar-refractivity contribution in [3.05, 3.63) is 29.8 Å². The van der Waals surface area contributed by atoms with Gasteiger partial charge in [0, 0.05) is 19.8 Å². The van der Waals surface area contributed by atoms with Crippen LogP contribution < -0.4 is 4.74 Å². The fourth-order valence-electron chi connectivity index (χ4n) is 2.17. The van der Waals surface area contributed by atoms with Crippen LogP contribution in [0, 0.1) is 0 Å². The average Bonchev–Trinajstić information content (AvgIpc) is 2.81. The molecule has 0 N–H and O–H groups in total. The molecule has 1 fully saturated rings. The van der Waals surface area contributed by atoms with Gasteiger partial charge >= 0.3 is 0 Å². The average molecular weight is 204 g/mol. The summed E-state index contributed by atoms with van der Waals surface area (Å²) in [7, 11) is 1.73. The van der Waals surface area contributed by atoms with Crippen molar-refractivity contribution in [2.24, 2.45) is 0 Å². The molecule has 1 aliphatic rings. The minimum Gasteiger partial charge on any atom is -0.496 e. The number of methoxy groups -OCH3 is 1. The molecule has 15 heavy (non-hydrogen) atoms. The van der Waals surface area contributed by atoms with E-state index in [1.807, 2.05) is 12.1 Å². The first kappa shape index (κ1) is 10.2. The molecule has 1 heterocycles. The van der Waals surface area contributed by atoms with Crippen molar-refractivity contribution in [1.29, 1.82) is 0 Å². The Kier molecular flexibility index (Phi) is 3.05. The lowest BCUT2D eigenvalue weighted by Crippen LogP contribution is -2.17. The quantitative estimate of drug-likeness (QED) is 0.673. The zero-order valence-corrected chi connectivity index (χ0v) is 9.49. The van der Waals surface area contributed by atoms with Crippen LogP contribution in [0.2, 0.25) is 0 Å². The third-order valence-corrected chi connectivity index (χ3v) is 3.08. The smallest absolute Gasteiger partial charge is 0.183 e. The number of benzene rings is 1. The van der Waals surface area contributed by atoms with E-state index in [-0.39, 0.29) is 0 Å². The molecule has 0 bridgehead atoms. The number of hydrogen-bond acceptors (Lipinski definition) is 1. The first-order valence-electron chi connectivity index (χ1n) is 5.55. The zero-order valence-electron chi connectivity index (χ0n) is 9.49. The lowest BCUT2D eigenvalue weighted by atomic mass is 10.1. The summed E-state index contributed by atoms with van der Waals surface area (Å²) in [5, 5.41) is 0. The standard InChI is InChI=1S/C13H18NO/c1-11(14-9-5-6-10-14)12-7-3-4-8-13(12)15-2/h3-4,7-8H,5-6,9-10H2,1-2H3/q+1. The Morgan fingerprint density at radius 2 is 1.87 bits per heavy atom. The largest absolute Gasteiger partial charge is 0.496 e. The molecule has 0 saturated carbocycles. The summed E-state index contributed by atoms with van der Waals surface area (Å²) >= 11 is 0. The van der Waals surface area contributed by atoms with Crippen LogP contribution in [0.1, 0.15) is 25.3 Å². The Hall–Kier alpha value is -1.31. The normalized spacial score (nSPS) is 15.5. The highest BCUT2D eigenvalue weighted by molar-refractivity contribution is 5.97. The van der Waals surface area contributed by atoms with Crippen molar-refractivity contribution in [2.45, 2.75) is 19.8 Å². The van der Waals surface area contributed by atoms with Gasteiger partial charge in [0.1, 0.15) is 18.8 Å². The van der Waals surface area contributed by atoms with Gasteiger partial charge in [0.25, 0.3) is 0 Å². The molecular weight excluding hydrogens is 186 g/mol. The monoisotopic (exact) mass is 204 g/mol. The van der Waals surface area contributed by atoms with E-state index in [2.05, 4.69) is 23.6 Å². The van der Waals surface area contributed by atoms with Gasteiger partial charge in [-0.15, -0.1) is 0 Å². The second-order valence-corrected chi connectivity index (χ2v) is 3.98. The summed E-state index contributed by atoms with van der Waals surface area (Å²) in [6, 6.07) is 8.23. The Morgan fingerprint density at radius 1 is 1.20 bits per heavy atom. The maximum absolute atomic E-state index is 5.38. The van der Waals surface area contributed by atoms with E-state index in [4.69, 9.17) is 4.74 Å². The summed E-state index contributed by atoms with van der Waals surface area (Å²) in [6.45, 7) is 4.55. The molecule has 2 rings (SSSR count). The zero-order chi connectivity index (χ0) is 10.7. The van der Waals surface area contributed by atoms with Crippen LogP contribution in [0.5, 0.6) is 5.75 Å². The number of rotatable bonds is 2. The SMILES string of the molecule is COc1ccccc1C(C)=[N+]1CCCC1. The minimum absolute atomic E-state index is 0.974. The van der Waals surface area contributed by atoms with E-state index in [0.29, 0.717) is 0 Å². The Bertz CT molecular complexity index is 374. The van der Waals surface area contributed by atoms with Crippen LogP contribution in [-0.4, -0.2) is 30.5 Å². The van der Waals surface area contributed by atoms with Crippen LogP contribution in [0.4, 0.5) is 0 Å². The van der Waals surface area contributed by atoms with Gasteiger partial charge in [0.2, 0.25) is 0 Å². The van der Waals surface area contributed by atoms with Gasteiger partial charge < -0.3 is 4.74 Å². The Balaban J connectivity index is 2.40. The number of hydrogen-bond donors (Lipinski definition) is 0. The van der Waals surface area contributed by atoms with Crippen LogP contribution in [-0.2, 0) is 0 Å². The van der Waals surface area contributed by atoms with Gasteiger partial charge in [0.15, 0.2) is 5.71 Å². The van der Waals surface area contributed by atoms with Gasteiger partial charge in [-0.25, -0.2) is 4.58 Å². The maximum Gasteiger partial charge on any atom is 0.183 e. The second kappa shape index (κ2) is 4.47. The number of para-hydroxylation sites is 1. The lowest BCUT2D eigenvalue weighted by molar-refractivity contribution is -0.506. The van der Waals surface area contributed by atoms with Crippen molar-refractivity contribution in [3.8, 4) is 5.75 Å². The van der Waals surface area contributed by atoms with Crippen molar-refractivity contribution in [2.75, 3.05) is 20.2 Å². The fraction of sp³-hybridized carbons (Fsp3) is 0.462. The van der Waals surface area contributed by atoms with Gasteiger partial charge in [-0.2, -0.15) is 0 Å². The summed E-state index contributed by atoms with van der Waals surface area (Å²) in [5.41, 5.74) is 2.56. The number of nitrogens with zero attached hydrogens (tertiary/aromatic N) is 1. The third-order valence-electron chi connectivity index (χ3n) is 3.08. The molecule has 1 aromatic rings. The molecule has 1 saturated heterocycles. The van der Waals surface area contributed by atoms with Gasteiger partial charge in [-0.3, -0.25) is 0 Å². The molecule has 0 radical (unpaired) electrons. The highest BCUT2D eigenvalue weighted by atomic mass is 16.5. The number of ether oxygens (including phenoxy) is 1. The van der Waals surface area contributed by atoms with Crippen LogP contribution >= 0.6 is 0 Å². The molecular formula is C13H18NO+. The Labute approximate surface area is 91.2 Å². The topological polar surface area (TPSA) is 12.2 Å². The van der Waals surface area contributed by atoms with E-state index in [1.165, 1.54) is 37.2 Å². The van der Waals surface area contributed by atoms with Gasteiger partial charge in [-0.05, 0) is 12.1 Å². The Morgan fingerprint density at radius 3 is 2.53 bits per heavy atom. The molecule has 2 nitrogen and oxygen atoms in total. The molecule has 0 amide bonds. The molecule has 0 unspecified atom stereocenters. The van der Waals surface area contributed by atoms with Gasteiger partial charge in [-0.1, -0.05) is 12.1 Å². The molecule has 2 heteroatoms. The van der Waals surface area contributed by atoms with Crippen molar-refractivity contribution in [3.63, 3.8) is 0 Å². The van der Waals surface area contributed by atoms with Gasteiger partial charge in [0.05, 0.1) is 12.7 Å². The molecule has 1 aliphatic heterocycles. The summed E-state index contributed by atoms with van der Waals surface area (Å²) in [6.07, 6.45) is 2.62. The molecule has 0 atom stereocenters. The first-order valence-corrected chi connectivity index (χ1v) is 5.55. The lowest BCUT2D eigenvalue weighted by Gasteiger charge is -2.06. The third kappa shape index (κ3) is 2.04. The predicted octanol–water partition coefficient (Wildman–Crippen LogP) is 2.31. The molecule has 1 aromatic carbocycles. The summed E-state index contributed by atoms with van der Waals surface area (Å²) in [5.74, 6) is 0.974. The van der Waals surface area contributed by atoms with E-state index in [0.717, 1.165) is 5.75 Å². The van der Waals surface area contributed by atoms with E-state index in [9.17, 15) is 0 Å². The van der Waals surface area contributed by atoms with E-state index < -0.39 is 0 Å². The van der Waals surface area contributed by atoms with E-state index >= 15 is 0 Å². The first-order chi connectivity index (χ1) is 7.33. The summed E-state index contributed by atoms with van der Waals surface area (Å²) in [4.78, 5) is 0. The van der Waals surface area contributed by atoms with Crippen molar-refractivity contribution in [1.82, 2.24) is 0 Å². The van der Waals surface area contributed by atoms with Crippen LogP contribution in [0.3, 0.4) is 0 Å². The fourth-order valence-corrected chi connectivity index (χ4v) is 2.17. The summed E-state index contributed by atoms with van der Waals surface area (Å²) < 4.78 is 7.82. The second-order valence-electron chi connectivity index (χ2n) is 3.98. The highest BCUT2D eigenvalue weighted by Gasteiger charge is 2.19.